The Bertz CT molecular complexity index is 1440. The second-order valence-electron chi connectivity index (χ2n) is 10.1. The quantitative estimate of drug-likeness (QED) is 0.306. The van der Waals surface area contributed by atoms with Crippen molar-refractivity contribution in [1.29, 1.82) is 0 Å². The summed E-state index contributed by atoms with van der Waals surface area (Å²) >= 11 is 0. The lowest BCUT2D eigenvalue weighted by Crippen LogP contribution is -2.47. The van der Waals surface area contributed by atoms with Gasteiger partial charge in [-0.15, -0.1) is 0 Å². The average molecular weight is 549 g/mol. The third-order valence-electron chi connectivity index (χ3n) is 7.64. The van der Waals surface area contributed by atoms with Crippen molar-refractivity contribution >= 4 is 34.7 Å². The van der Waals surface area contributed by atoms with Gasteiger partial charge in [0.05, 0.1) is 24.3 Å². The van der Waals surface area contributed by atoms with Crippen LogP contribution in [0.4, 0.5) is 0 Å². The normalized spacial score (nSPS) is 15.6. The molecule has 0 atom stereocenters. The molecule has 3 heterocycles. The van der Waals surface area contributed by atoms with E-state index in [0.717, 1.165) is 11.0 Å². The van der Waals surface area contributed by atoms with Crippen LogP contribution in [-0.4, -0.2) is 75.4 Å². The summed E-state index contributed by atoms with van der Waals surface area (Å²) in [5.74, 6) is 0.319. The summed E-state index contributed by atoms with van der Waals surface area (Å²) in [5, 5.41) is 12.8. The van der Waals surface area contributed by atoms with Crippen LogP contribution in [0.2, 0.25) is 0 Å². The number of aryl methyl sites for hydroxylation is 1. The maximum absolute atomic E-state index is 13.0. The standard InChI is InChI=1S/C29H33N5O6/c1-3-32-24-9-8-21(40-18-26(37)30-20-10-12-31(13-11-20)19(2)36)16-25(24)33(14-15-35)27(32)17-34-28(38)22-6-4-5-7-23(22)29(34)39/h4-9,16,20,35H,3,10-15,17-18H2,1-2H3/p+1. The summed E-state index contributed by atoms with van der Waals surface area (Å²) < 4.78 is 9.72. The Morgan fingerprint density at radius 2 is 1.75 bits per heavy atom. The van der Waals surface area contributed by atoms with Crippen LogP contribution in [0.25, 0.3) is 11.0 Å². The summed E-state index contributed by atoms with van der Waals surface area (Å²) in [6, 6.07) is 12.3. The number of benzene rings is 2. The van der Waals surface area contributed by atoms with Crippen LogP contribution in [0, 0.1) is 0 Å². The number of nitrogens with one attached hydrogen (secondary N) is 1. The van der Waals surface area contributed by atoms with Gasteiger partial charge in [0.25, 0.3) is 23.5 Å². The number of aliphatic hydroxyl groups excluding tert-OH is 1. The van der Waals surface area contributed by atoms with E-state index in [9.17, 15) is 24.3 Å². The molecule has 11 heteroatoms. The topological polar surface area (TPSA) is 125 Å². The molecule has 0 radical (unpaired) electrons. The molecule has 40 heavy (non-hydrogen) atoms. The van der Waals surface area contributed by atoms with Gasteiger partial charge in [-0.3, -0.25) is 24.1 Å². The van der Waals surface area contributed by atoms with E-state index in [0.29, 0.717) is 55.2 Å². The Labute approximate surface area is 231 Å². The molecule has 2 aliphatic rings. The third kappa shape index (κ3) is 5.16. The van der Waals surface area contributed by atoms with Gasteiger partial charge in [0, 0.05) is 32.1 Å². The molecule has 5 rings (SSSR count). The number of aliphatic hydroxyl groups is 1. The number of nitrogens with zero attached hydrogens (tertiary/aromatic N) is 4. The van der Waals surface area contributed by atoms with Gasteiger partial charge in [-0.25, -0.2) is 9.13 Å². The molecular formula is C29H34N5O6+. The lowest BCUT2D eigenvalue weighted by Gasteiger charge is -2.31. The van der Waals surface area contributed by atoms with Gasteiger partial charge in [0.1, 0.15) is 18.8 Å². The molecule has 2 aromatic carbocycles. The predicted octanol–water partition coefficient (Wildman–Crippen LogP) is 1.24. The van der Waals surface area contributed by atoms with Crippen LogP contribution in [0.5, 0.6) is 5.75 Å². The molecule has 2 N–H and O–H groups in total. The highest BCUT2D eigenvalue weighted by molar-refractivity contribution is 6.21. The zero-order chi connectivity index (χ0) is 28.4. The lowest BCUT2D eigenvalue weighted by molar-refractivity contribution is -0.677. The fraction of sp³-hybridized carbons (Fsp3) is 0.414. The molecule has 210 valence electrons. The first-order valence-corrected chi connectivity index (χ1v) is 13.6. The Morgan fingerprint density at radius 3 is 2.35 bits per heavy atom. The molecule has 2 aliphatic heterocycles. The van der Waals surface area contributed by atoms with Crippen LogP contribution < -0.4 is 14.6 Å². The molecule has 0 bridgehead atoms. The van der Waals surface area contributed by atoms with E-state index in [1.807, 2.05) is 28.2 Å². The van der Waals surface area contributed by atoms with Gasteiger partial charge in [0.2, 0.25) is 5.91 Å². The fourth-order valence-corrected chi connectivity index (χ4v) is 5.62. The Hall–Kier alpha value is -4.25. The molecule has 0 saturated carbocycles. The molecule has 1 aromatic heterocycles. The smallest absolute Gasteiger partial charge is 0.278 e. The van der Waals surface area contributed by atoms with Crippen LogP contribution in [0.15, 0.2) is 42.5 Å². The minimum Gasteiger partial charge on any atom is -0.484 e. The second-order valence-corrected chi connectivity index (χ2v) is 10.1. The largest absolute Gasteiger partial charge is 0.484 e. The van der Waals surface area contributed by atoms with Gasteiger partial charge in [-0.05, 0) is 44.0 Å². The molecule has 11 nitrogen and oxygen atoms in total. The highest BCUT2D eigenvalue weighted by atomic mass is 16.5. The van der Waals surface area contributed by atoms with E-state index in [2.05, 4.69) is 5.32 Å². The fourth-order valence-electron chi connectivity index (χ4n) is 5.62. The van der Waals surface area contributed by atoms with Gasteiger partial charge < -0.3 is 20.1 Å². The van der Waals surface area contributed by atoms with E-state index in [4.69, 9.17) is 4.74 Å². The predicted molar refractivity (Wildman–Crippen MR) is 144 cm³/mol. The summed E-state index contributed by atoms with van der Waals surface area (Å²) in [6.07, 6.45) is 1.41. The first-order chi connectivity index (χ1) is 19.3. The van der Waals surface area contributed by atoms with Gasteiger partial charge in [0.15, 0.2) is 17.6 Å². The zero-order valence-corrected chi connectivity index (χ0v) is 22.8. The number of amides is 4. The van der Waals surface area contributed by atoms with Crippen molar-refractivity contribution < 1.29 is 33.6 Å². The SMILES string of the molecule is CC[n+]1c(CN2C(=O)c3ccccc3C2=O)n(CCO)c2cc(OCC(=O)NC3CCN(C(C)=O)CC3)ccc21. The van der Waals surface area contributed by atoms with Crippen LogP contribution >= 0.6 is 0 Å². The molecule has 0 aliphatic carbocycles. The first kappa shape index (κ1) is 27.3. The van der Waals surface area contributed by atoms with Crippen LogP contribution in [0.1, 0.15) is 53.2 Å². The van der Waals surface area contributed by atoms with Crippen molar-refractivity contribution in [3.63, 3.8) is 0 Å². The number of hydrogen-bond acceptors (Lipinski definition) is 6. The number of rotatable bonds is 9. The Morgan fingerprint density at radius 1 is 1.07 bits per heavy atom. The number of carbonyl (C=O) groups is 4. The lowest BCUT2D eigenvalue weighted by atomic mass is 10.1. The zero-order valence-electron chi connectivity index (χ0n) is 22.8. The van der Waals surface area contributed by atoms with Crippen LogP contribution in [0.3, 0.4) is 0 Å². The number of imidazole rings is 1. The third-order valence-corrected chi connectivity index (χ3v) is 7.64. The van der Waals surface area contributed by atoms with Crippen molar-refractivity contribution in [2.24, 2.45) is 0 Å². The highest BCUT2D eigenvalue weighted by Gasteiger charge is 2.38. The molecule has 0 unspecified atom stereocenters. The number of carbonyl (C=O) groups excluding carboxylic acids is 4. The Balaban J connectivity index is 1.33. The van der Waals surface area contributed by atoms with Crippen molar-refractivity contribution in [1.82, 2.24) is 19.7 Å². The molecule has 1 saturated heterocycles. The van der Waals surface area contributed by atoms with Crippen molar-refractivity contribution in [3.8, 4) is 5.75 Å². The number of aromatic nitrogens is 2. The summed E-state index contributed by atoms with van der Waals surface area (Å²) in [6.45, 7) is 5.37. The minimum atomic E-state index is -0.342. The van der Waals surface area contributed by atoms with Gasteiger partial charge >= 0.3 is 0 Å². The molecule has 3 aromatic rings. The number of likely N-dealkylation sites (tertiary alicyclic amines) is 1. The summed E-state index contributed by atoms with van der Waals surface area (Å²) in [7, 11) is 0. The monoisotopic (exact) mass is 548 g/mol. The van der Waals surface area contributed by atoms with E-state index in [1.165, 1.54) is 4.90 Å². The number of piperidine rings is 1. The van der Waals surface area contributed by atoms with E-state index in [-0.39, 0.29) is 56.0 Å². The van der Waals surface area contributed by atoms with Crippen molar-refractivity contribution in [3.05, 3.63) is 59.4 Å². The number of imide groups is 1. The summed E-state index contributed by atoms with van der Waals surface area (Å²) in [5.41, 5.74) is 2.39. The van der Waals surface area contributed by atoms with E-state index >= 15 is 0 Å². The van der Waals surface area contributed by atoms with Crippen LogP contribution in [-0.2, 0) is 29.2 Å². The first-order valence-electron chi connectivity index (χ1n) is 13.6. The number of hydrogen-bond donors (Lipinski definition) is 2. The maximum Gasteiger partial charge on any atom is 0.278 e. The molecular weight excluding hydrogens is 514 g/mol. The maximum atomic E-state index is 13.0. The number of fused-ring (bicyclic) bond motifs is 2. The van der Waals surface area contributed by atoms with Crippen molar-refractivity contribution in [2.75, 3.05) is 26.3 Å². The van der Waals surface area contributed by atoms with Crippen molar-refractivity contribution in [2.45, 2.75) is 52.4 Å². The van der Waals surface area contributed by atoms with E-state index < -0.39 is 0 Å². The Kier molecular flexibility index (Phi) is 7.83. The van der Waals surface area contributed by atoms with Gasteiger partial charge in [-0.1, -0.05) is 12.1 Å². The minimum absolute atomic E-state index is 0.00387. The highest BCUT2D eigenvalue weighted by Crippen LogP contribution is 2.26. The number of ether oxygens (including phenoxy) is 1. The second kappa shape index (κ2) is 11.5. The van der Waals surface area contributed by atoms with E-state index in [1.54, 1.807) is 42.2 Å². The molecule has 1 fully saturated rings. The summed E-state index contributed by atoms with van der Waals surface area (Å²) in [4.78, 5) is 53.2. The molecule has 4 amide bonds. The average Bonchev–Trinajstić information content (AvgIpc) is 3.38. The molecule has 0 spiro atoms. The van der Waals surface area contributed by atoms with Gasteiger partial charge in [-0.2, -0.15) is 0 Å².